The second kappa shape index (κ2) is 5.80. The number of carbonyl (C=O) groups is 2. The number of hydrogen-bond acceptors (Lipinski definition) is 3. The molecule has 0 aliphatic carbocycles. The van der Waals surface area contributed by atoms with Crippen molar-refractivity contribution in [1.82, 2.24) is 0 Å². The Balaban J connectivity index is 2.21. The third-order valence-corrected chi connectivity index (χ3v) is 3.05. The van der Waals surface area contributed by atoms with Gasteiger partial charge in [-0.05, 0) is 36.4 Å². The zero-order valence-electron chi connectivity index (χ0n) is 10.6. The van der Waals surface area contributed by atoms with Crippen LogP contribution in [0.3, 0.4) is 0 Å². The van der Waals surface area contributed by atoms with Crippen LogP contribution >= 0.6 is 11.6 Å². The molecule has 2 rings (SSSR count). The molecule has 0 heterocycles. The van der Waals surface area contributed by atoms with E-state index in [0.29, 0.717) is 5.69 Å². The fourth-order valence-corrected chi connectivity index (χ4v) is 1.82. The molecule has 0 atom stereocenters. The van der Waals surface area contributed by atoms with Crippen molar-refractivity contribution in [3.8, 4) is 0 Å². The van der Waals surface area contributed by atoms with Crippen LogP contribution in [0.5, 0.6) is 0 Å². The molecule has 1 amide bonds. The Morgan fingerprint density at radius 2 is 1.90 bits per heavy atom. The first-order chi connectivity index (χ1) is 9.88. The van der Waals surface area contributed by atoms with E-state index in [9.17, 15) is 14.0 Å². The Morgan fingerprint density at radius 3 is 2.48 bits per heavy atom. The van der Waals surface area contributed by atoms with Gasteiger partial charge in [0.1, 0.15) is 5.82 Å². The van der Waals surface area contributed by atoms with Crippen molar-refractivity contribution in [2.75, 3.05) is 11.1 Å². The average molecular weight is 309 g/mol. The van der Waals surface area contributed by atoms with Gasteiger partial charge in [-0.3, -0.25) is 4.79 Å². The number of carbonyl (C=O) groups excluding carboxylic acids is 1. The van der Waals surface area contributed by atoms with E-state index >= 15 is 0 Å². The van der Waals surface area contributed by atoms with E-state index in [1.807, 2.05) is 0 Å². The lowest BCUT2D eigenvalue weighted by molar-refractivity contribution is 0.0692. The van der Waals surface area contributed by atoms with Gasteiger partial charge in [0, 0.05) is 11.3 Å². The minimum atomic E-state index is -1.38. The maximum absolute atomic E-state index is 13.5. The quantitative estimate of drug-likeness (QED) is 0.760. The predicted octanol–water partition coefficient (Wildman–Crippen LogP) is 3.01. The van der Waals surface area contributed by atoms with Crippen LogP contribution in [-0.2, 0) is 0 Å². The molecule has 2 aromatic rings. The monoisotopic (exact) mass is 308 g/mol. The third-order valence-electron chi connectivity index (χ3n) is 2.72. The summed E-state index contributed by atoms with van der Waals surface area (Å²) in [5.41, 5.74) is 5.79. The minimum Gasteiger partial charge on any atom is -0.478 e. The second-order valence-corrected chi connectivity index (χ2v) is 4.60. The zero-order valence-corrected chi connectivity index (χ0v) is 11.3. The first-order valence-electron chi connectivity index (χ1n) is 5.77. The van der Waals surface area contributed by atoms with Crippen molar-refractivity contribution >= 4 is 34.9 Å². The Labute approximate surface area is 124 Å². The number of aromatic carboxylic acids is 1. The summed E-state index contributed by atoms with van der Waals surface area (Å²) in [6.07, 6.45) is 0. The molecule has 0 fully saturated rings. The lowest BCUT2D eigenvalue weighted by atomic mass is 10.1. The van der Waals surface area contributed by atoms with Crippen molar-refractivity contribution < 1.29 is 19.1 Å². The van der Waals surface area contributed by atoms with Gasteiger partial charge in [-0.1, -0.05) is 11.6 Å². The fourth-order valence-electron chi connectivity index (χ4n) is 1.64. The van der Waals surface area contributed by atoms with Gasteiger partial charge in [-0.25, -0.2) is 9.18 Å². The summed E-state index contributed by atoms with van der Waals surface area (Å²) in [5.74, 6) is -2.83. The third kappa shape index (κ3) is 3.29. The van der Waals surface area contributed by atoms with Gasteiger partial charge in [0.2, 0.25) is 0 Å². The van der Waals surface area contributed by atoms with E-state index in [1.165, 1.54) is 24.3 Å². The highest BCUT2D eigenvalue weighted by Crippen LogP contribution is 2.21. The molecule has 108 valence electrons. The Bertz CT molecular complexity index is 734. The second-order valence-electron chi connectivity index (χ2n) is 4.19. The number of hydrogen-bond donors (Lipinski definition) is 3. The van der Waals surface area contributed by atoms with Gasteiger partial charge in [0.15, 0.2) is 0 Å². The van der Waals surface area contributed by atoms with Crippen LogP contribution < -0.4 is 11.1 Å². The zero-order chi connectivity index (χ0) is 15.6. The largest absolute Gasteiger partial charge is 0.478 e. The molecule has 0 radical (unpaired) electrons. The van der Waals surface area contributed by atoms with Crippen molar-refractivity contribution in [3.05, 3.63) is 58.4 Å². The molecular formula is C14H10ClFN2O3. The Kier molecular flexibility index (Phi) is 4.09. The summed E-state index contributed by atoms with van der Waals surface area (Å²) < 4.78 is 13.5. The molecule has 2 aromatic carbocycles. The van der Waals surface area contributed by atoms with Crippen LogP contribution in [0, 0.1) is 5.82 Å². The topological polar surface area (TPSA) is 92.4 Å². The van der Waals surface area contributed by atoms with Gasteiger partial charge in [-0.15, -0.1) is 0 Å². The molecule has 0 aromatic heterocycles. The molecular weight excluding hydrogens is 299 g/mol. The molecule has 0 saturated heterocycles. The predicted molar refractivity (Wildman–Crippen MR) is 77.2 cm³/mol. The van der Waals surface area contributed by atoms with Crippen LogP contribution in [0.4, 0.5) is 15.8 Å². The average Bonchev–Trinajstić information content (AvgIpc) is 2.41. The molecule has 0 saturated carbocycles. The van der Waals surface area contributed by atoms with Crippen LogP contribution in [0.25, 0.3) is 0 Å². The Morgan fingerprint density at radius 1 is 1.19 bits per heavy atom. The number of carboxylic acids is 1. The molecule has 7 heteroatoms. The van der Waals surface area contributed by atoms with Gasteiger partial charge in [-0.2, -0.15) is 0 Å². The van der Waals surface area contributed by atoms with Crippen molar-refractivity contribution in [1.29, 1.82) is 0 Å². The molecule has 21 heavy (non-hydrogen) atoms. The van der Waals surface area contributed by atoms with Crippen LogP contribution in [0.2, 0.25) is 5.02 Å². The number of nitrogens with two attached hydrogens (primary N) is 1. The highest BCUT2D eigenvalue weighted by molar-refractivity contribution is 6.33. The first-order valence-corrected chi connectivity index (χ1v) is 6.15. The van der Waals surface area contributed by atoms with E-state index in [-0.39, 0.29) is 16.3 Å². The highest BCUT2D eigenvalue weighted by atomic mass is 35.5. The van der Waals surface area contributed by atoms with E-state index in [4.69, 9.17) is 22.4 Å². The van der Waals surface area contributed by atoms with Crippen LogP contribution in [-0.4, -0.2) is 17.0 Å². The van der Waals surface area contributed by atoms with Gasteiger partial charge in [0.05, 0.1) is 16.3 Å². The molecule has 4 N–H and O–H groups in total. The van der Waals surface area contributed by atoms with Crippen molar-refractivity contribution in [2.45, 2.75) is 0 Å². The SMILES string of the molecule is Nc1ccc(C(=O)Nc2ccc(C(=O)O)c(F)c2)cc1Cl. The van der Waals surface area contributed by atoms with Crippen LogP contribution in [0.1, 0.15) is 20.7 Å². The van der Waals surface area contributed by atoms with Gasteiger partial charge >= 0.3 is 5.97 Å². The van der Waals surface area contributed by atoms with Crippen LogP contribution in [0.15, 0.2) is 36.4 Å². The molecule has 0 spiro atoms. The van der Waals surface area contributed by atoms with E-state index in [2.05, 4.69) is 5.32 Å². The number of nitrogens with one attached hydrogen (secondary N) is 1. The smallest absolute Gasteiger partial charge is 0.338 e. The number of anilines is 2. The molecule has 0 aliphatic rings. The summed E-state index contributed by atoms with van der Waals surface area (Å²) in [6.45, 7) is 0. The lowest BCUT2D eigenvalue weighted by Crippen LogP contribution is -2.12. The summed E-state index contributed by atoms with van der Waals surface area (Å²) in [4.78, 5) is 22.7. The summed E-state index contributed by atoms with van der Waals surface area (Å²) in [7, 11) is 0. The normalized spacial score (nSPS) is 10.2. The highest BCUT2D eigenvalue weighted by Gasteiger charge is 2.13. The van der Waals surface area contributed by atoms with Crippen molar-refractivity contribution in [3.63, 3.8) is 0 Å². The number of carboxylic acid groups (broad SMARTS) is 1. The minimum absolute atomic E-state index is 0.135. The standard InChI is InChI=1S/C14H10ClFN2O3/c15-10-5-7(1-4-12(10)17)13(19)18-8-2-3-9(14(20)21)11(16)6-8/h1-6H,17H2,(H,18,19)(H,20,21). The summed E-state index contributed by atoms with van der Waals surface area (Å²) in [5, 5.41) is 11.4. The molecule has 0 bridgehead atoms. The first kappa shape index (κ1) is 14.8. The number of amides is 1. The molecule has 5 nitrogen and oxygen atoms in total. The van der Waals surface area contributed by atoms with E-state index in [0.717, 1.165) is 12.1 Å². The number of halogens is 2. The summed E-state index contributed by atoms with van der Waals surface area (Å²) >= 11 is 5.81. The summed E-state index contributed by atoms with van der Waals surface area (Å²) in [6, 6.07) is 7.63. The Hall–Kier alpha value is -2.60. The maximum Gasteiger partial charge on any atom is 0.338 e. The van der Waals surface area contributed by atoms with Gasteiger partial charge in [0.25, 0.3) is 5.91 Å². The molecule has 0 aliphatic heterocycles. The fraction of sp³-hybridized carbons (Fsp3) is 0. The number of benzene rings is 2. The van der Waals surface area contributed by atoms with Gasteiger partial charge < -0.3 is 16.2 Å². The van der Waals surface area contributed by atoms with Crippen molar-refractivity contribution in [2.24, 2.45) is 0 Å². The number of rotatable bonds is 3. The van der Waals surface area contributed by atoms with E-state index < -0.39 is 23.3 Å². The number of nitrogen functional groups attached to an aromatic ring is 1. The lowest BCUT2D eigenvalue weighted by Gasteiger charge is -2.07. The maximum atomic E-state index is 13.5. The molecule has 0 unspecified atom stereocenters. The van der Waals surface area contributed by atoms with E-state index in [1.54, 1.807) is 0 Å².